The Balaban J connectivity index is 1.62. The van der Waals surface area contributed by atoms with Gasteiger partial charge in [0.05, 0.1) is 24.4 Å². The molecule has 142 valence electrons. The third-order valence-corrected chi connectivity index (χ3v) is 6.13. The Kier molecular flexibility index (Phi) is 9.71. The van der Waals surface area contributed by atoms with Crippen LogP contribution in [0.4, 0.5) is 0 Å². The van der Waals surface area contributed by atoms with Crippen molar-refractivity contribution >= 4 is 0 Å². The van der Waals surface area contributed by atoms with E-state index in [0.717, 1.165) is 0 Å². The van der Waals surface area contributed by atoms with Gasteiger partial charge in [-0.1, -0.05) is 64.7 Å². The molecule has 0 aromatic heterocycles. The largest absolute Gasteiger partial charge is 0.375 e. The standard InChI is InChI=1S/C22H42O2/c1-4-5-6-7-8-9-10-11-12-13-20(21-16-14-18(2)23-21)22-17-15-19(3)24-22/h18-22H,4-17H2,1-3H3. The molecule has 2 rings (SSSR count). The molecule has 2 heteroatoms. The van der Waals surface area contributed by atoms with Crippen LogP contribution in [0.5, 0.6) is 0 Å². The number of ether oxygens (including phenoxy) is 2. The minimum absolute atomic E-state index is 0.458. The summed E-state index contributed by atoms with van der Waals surface area (Å²) in [7, 11) is 0. The highest BCUT2D eigenvalue weighted by Crippen LogP contribution is 2.36. The van der Waals surface area contributed by atoms with Crippen LogP contribution < -0.4 is 0 Å². The summed E-state index contributed by atoms with van der Waals surface area (Å²) in [6.45, 7) is 6.75. The normalized spacial score (nSPS) is 31.6. The first kappa shape index (κ1) is 20.2. The number of hydrogen-bond acceptors (Lipinski definition) is 2. The van der Waals surface area contributed by atoms with E-state index in [2.05, 4.69) is 20.8 Å². The van der Waals surface area contributed by atoms with Gasteiger partial charge in [-0.2, -0.15) is 0 Å². The first-order chi connectivity index (χ1) is 11.7. The summed E-state index contributed by atoms with van der Waals surface area (Å²) in [6.07, 6.45) is 20.8. The molecule has 2 fully saturated rings. The monoisotopic (exact) mass is 338 g/mol. The van der Waals surface area contributed by atoms with Gasteiger partial charge >= 0.3 is 0 Å². The van der Waals surface area contributed by atoms with Crippen LogP contribution in [0.3, 0.4) is 0 Å². The van der Waals surface area contributed by atoms with Crippen LogP contribution in [0, 0.1) is 5.92 Å². The van der Waals surface area contributed by atoms with Gasteiger partial charge in [0, 0.05) is 5.92 Å². The molecule has 2 nitrogen and oxygen atoms in total. The van der Waals surface area contributed by atoms with Gasteiger partial charge in [0.25, 0.3) is 0 Å². The van der Waals surface area contributed by atoms with Crippen LogP contribution in [-0.2, 0) is 9.47 Å². The lowest BCUT2D eigenvalue weighted by atomic mass is 9.87. The summed E-state index contributed by atoms with van der Waals surface area (Å²) >= 11 is 0. The second-order valence-electron chi connectivity index (χ2n) is 8.41. The number of rotatable bonds is 12. The van der Waals surface area contributed by atoms with Gasteiger partial charge in [0.2, 0.25) is 0 Å². The second-order valence-corrected chi connectivity index (χ2v) is 8.41. The molecule has 4 atom stereocenters. The van der Waals surface area contributed by atoms with Crippen LogP contribution in [0.1, 0.15) is 111 Å². The summed E-state index contributed by atoms with van der Waals surface area (Å²) < 4.78 is 12.4. The maximum atomic E-state index is 6.22. The van der Waals surface area contributed by atoms with E-state index in [9.17, 15) is 0 Å². The average Bonchev–Trinajstić information content (AvgIpc) is 3.18. The predicted molar refractivity (Wildman–Crippen MR) is 102 cm³/mol. The van der Waals surface area contributed by atoms with Crippen molar-refractivity contribution in [2.24, 2.45) is 5.92 Å². The van der Waals surface area contributed by atoms with Crippen molar-refractivity contribution in [2.45, 2.75) is 135 Å². The molecule has 0 N–H and O–H groups in total. The topological polar surface area (TPSA) is 18.5 Å². The van der Waals surface area contributed by atoms with Crippen molar-refractivity contribution < 1.29 is 9.47 Å². The van der Waals surface area contributed by atoms with Gasteiger partial charge in [-0.15, -0.1) is 0 Å². The Hall–Kier alpha value is -0.0800. The molecule has 0 amide bonds. The molecule has 0 radical (unpaired) electrons. The first-order valence-corrected chi connectivity index (χ1v) is 11.0. The fourth-order valence-corrected chi connectivity index (χ4v) is 4.60. The van der Waals surface area contributed by atoms with E-state index in [1.54, 1.807) is 0 Å². The fraction of sp³-hybridized carbons (Fsp3) is 1.00. The van der Waals surface area contributed by atoms with E-state index in [-0.39, 0.29) is 0 Å². The molecular formula is C22H42O2. The highest BCUT2D eigenvalue weighted by atomic mass is 16.5. The van der Waals surface area contributed by atoms with Gasteiger partial charge < -0.3 is 9.47 Å². The third-order valence-electron chi connectivity index (χ3n) is 6.13. The van der Waals surface area contributed by atoms with Crippen LogP contribution in [-0.4, -0.2) is 24.4 Å². The molecule has 2 aliphatic heterocycles. The minimum atomic E-state index is 0.458. The summed E-state index contributed by atoms with van der Waals surface area (Å²) in [4.78, 5) is 0. The Morgan fingerprint density at radius 1 is 0.667 bits per heavy atom. The number of unbranched alkanes of at least 4 members (excludes halogenated alkanes) is 8. The fourth-order valence-electron chi connectivity index (χ4n) is 4.60. The highest BCUT2D eigenvalue weighted by Gasteiger charge is 2.37. The molecule has 2 saturated heterocycles. The van der Waals surface area contributed by atoms with E-state index in [0.29, 0.717) is 30.3 Å². The third kappa shape index (κ3) is 7.04. The van der Waals surface area contributed by atoms with Crippen LogP contribution in [0.2, 0.25) is 0 Å². The van der Waals surface area contributed by atoms with Crippen molar-refractivity contribution in [2.75, 3.05) is 0 Å². The van der Waals surface area contributed by atoms with E-state index >= 15 is 0 Å². The van der Waals surface area contributed by atoms with Crippen molar-refractivity contribution in [3.8, 4) is 0 Å². The summed E-state index contributed by atoms with van der Waals surface area (Å²) in [5.41, 5.74) is 0. The quantitative estimate of drug-likeness (QED) is 0.370. The van der Waals surface area contributed by atoms with Crippen molar-refractivity contribution in [1.82, 2.24) is 0 Å². The van der Waals surface area contributed by atoms with E-state index in [1.807, 2.05) is 0 Å². The second kappa shape index (κ2) is 11.5. The molecule has 0 aromatic carbocycles. The number of hydrogen-bond donors (Lipinski definition) is 0. The highest BCUT2D eigenvalue weighted by molar-refractivity contribution is 4.86. The molecule has 4 unspecified atom stereocenters. The lowest BCUT2D eigenvalue weighted by Gasteiger charge is -2.29. The predicted octanol–water partition coefficient (Wildman–Crippen LogP) is 6.66. The zero-order chi connectivity index (χ0) is 17.2. The Morgan fingerprint density at radius 3 is 1.54 bits per heavy atom. The molecular weight excluding hydrogens is 296 g/mol. The van der Waals surface area contributed by atoms with E-state index < -0.39 is 0 Å². The summed E-state index contributed by atoms with van der Waals surface area (Å²) in [5.74, 6) is 0.643. The SMILES string of the molecule is CCCCCCCCCCCC(C1CCC(C)O1)C1CCC(C)O1. The summed E-state index contributed by atoms with van der Waals surface area (Å²) in [6, 6.07) is 0. The van der Waals surface area contributed by atoms with E-state index in [1.165, 1.54) is 89.9 Å². The van der Waals surface area contributed by atoms with Crippen LogP contribution in [0.25, 0.3) is 0 Å². The average molecular weight is 339 g/mol. The van der Waals surface area contributed by atoms with Gasteiger partial charge in [-0.05, 0) is 46.0 Å². The van der Waals surface area contributed by atoms with Crippen molar-refractivity contribution in [3.63, 3.8) is 0 Å². The van der Waals surface area contributed by atoms with Gasteiger partial charge in [-0.25, -0.2) is 0 Å². The van der Waals surface area contributed by atoms with Crippen LogP contribution in [0.15, 0.2) is 0 Å². The van der Waals surface area contributed by atoms with Crippen molar-refractivity contribution in [1.29, 1.82) is 0 Å². The van der Waals surface area contributed by atoms with Gasteiger partial charge in [0.15, 0.2) is 0 Å². The lowest BCUT2D eigenvalue weighted by molar-refractivity contribution is -0.0558. The van der Waals surface area contributed by atoms with Crippen LogP contribution >= 0.6 is 0 Å². The zero-order valence-corrected chi connectivity index (χ0v) is 16.6. The summed E-state index contributed by atoms with van der Waals surface area (Å²) in [5, 5.41) is 0. The maximum absolute atomic E-state index is 6.22. The molecule has 2 aliphatic rings. The minimum Gasteiger partial charge on any atom is -0.375 e. The molecule has 0 spiro atoms. The molecule has 2 heterocycles. The Labute approximate surface area is 151 Å². The molecule has 0 saturated carbocycles. The molecule has 0 bridgehead atoms. The zero-order valence-electron chi connectivity index (χ0n) is 16.6. The van der Waals surface area contributed by atoms with E-state index in [4.69, 9.17) is 9.47 Å². The molecule has 0 aromatic rings. The van der Waals surface area contributed by atoms with Gasteiger partial charge in [0.1, 0.15) is 0 Å². The maximum Gasteiger partial charge on any atom is 0.0632 e. The van der Waals surface area contributed by atoms with Crippen molar-refractivity contribution in [3.05, 3.63) is 0 Å². The van der Waals surface area contributed by atoms with Gasteiger partial charge in [-0.3, -0.25) is 0 Å². The molecule has 24 heavy (non-hydrogen) atoms. The smallest absolute Gasteiger partial charge is 0.0632 e. The Morgan fingerprint density at radius 2 is 1.12 bits per heavy atom. The lowest BCUT2D eigenvalue weighted by Crippen LogP contribution is -2.32. The Bertz CT molecular complexity index is 297. The first-order valence-electron chi connectivity index (χ1n) is 11.0. The molecule has 0 aliphatic carbocycles.